The van der Waals surface area contributed by atoms with Crippen LogP contribution in [0.4, 0.5) is 0 Å². The molecule has 0 N–H and O–H groups in total. The molecule has 1 heterocycles. The molecular weight excluding hydrogens is 416 g/mol. The summed E-state index contributed by atoms with van der Waals surface area (Å²) in [6.45, 7) is 0.0110. The van der Waals surface area contributed by atoms with Crippen LogP contribution in [0.5, 0.6) is 5.75 Å². The minimum atomic E-state index is -3.76. The van der Waals surface area contributed by atoms with E-state index in [1.165, 1.54) is 43.4 Å². The molecule has 26 heavy (non-hydrogen) atoms. The zero-order valence-corrected chi connectivity index (χ0v) is 16.8. The zero-order valence-electron chi connectivity index (χ0n) is 14.4. The predicted molar refractivity (Wildman–Crippen MR) is 103 cm³/mol. The van der Waals surface area contributed by atoms with Crippen LogP contribution < -0.4 is 4.74 Å². The van der Waals surface area contributed by atoms with E-state index in [0.717, 1.165) is 15.8 Å². The molecule has 6 heteroatoms. The SMILES string of the molecule is O=S(=O)(OCC1Cc2cc(C3CCCC3)cc(Br)c2O1)c1ccccc1. The minimum Gasteiger partial charge on any atom is -0.486 e. The summed E-state index contributed by atoms with van der Waals surface area (Å²) < 4.78 is 36.7. The molecule has 1 fully saturated rings. The largest absolute Gasteiger partial charge is 0.486 e. The first kappa shape index (κ1) is 18.0. The molecule has 1 saturated carbocycles. The van der Waals surface area contributed by atoms with E-state index in [0.29, 0.717) is 12.3 Å². The van der Waals surface area contributed by atoms with Crippen LogP contribution in [-0.4, -0.2) is 21.1 Å². The maximum absolute atomic E-state index is 12.3. The summed E-state index contributed by atoms with van der Waals surface area (Å²) in [4.78, 5) is 0.167. The Labute approximate surface area is 162 Å². The second-order valence-corrected chi connectivity index (χ2v) is 9.44. The predicted octanol–water partition coefficient (Wildman–Crippen LogP) is 4.82. The van der Waals surface area contributed by atoms with Crippen molar-refractivity contribution in [3.63, 3.8) is 0 Å². The van der Waals surface area contributed by atoms with Gasteiger partial charge in [0.25, 0.3) is 10.1 Å². The van der Waals surface area contributed by atoms with E-state index in [1.807, 2.05) is 0 Å². The maximum Gasteiger partial charge on any atom is 0.297 e. The van der Waals surface area contributed by atoms with Crippen LogP contribution in [0.25, 0.3) is 0 Å². The molecule has 2 aromatic rings. The quantitative estimate of drug-likeness (QED) is 0.630. The fourth-order valence-electron chi connectivity index (χ4n) is 3.82. The van der Waals surface area contributed by atoms with Crippen LogP contribution in [0.2, 0.25) is 0 Å². The lowest BCUT2D eigenvalue weighted by Gasteiger charge is -2.13. The third kappa shape index (κ3) is 3.68. The second kappa shape index (κ2) is 7.33. The maximum atomic E-state index is 12.3. The first-order valence-corrected chi connectivity index (χ1v) is 11.2. The molecule has 2 aliphatic rings. The zero-order chi connectivity index (χ0) is 18.1. The van der Waals surface area contributed by atoms with Gasteiger partial charge in [0, 0.05) is 6.42 Å². The van der Waals surface area contributed by atoms with Gasteiger partial charge in [0.05, 0.1) is 9.37 Å². The van der Waals surface area contributed by atoms with Gasteiger partial charge in [-0.25, -0.2) is 0 Å². The van der Waals surface area contributed by atoms with Crippen molar-refractivity contribution in [1.29, 1.82) is 0 Å². The lowest BCUT2D eigenvalue weighted by atomic mass is 9.95. The molecule has 0 bridgehead atoms. The van der Waals surface area contributed by atoms with Crippen molar-refractivity contribution in [3.05, 3.63) is 58.1 Å². The summed E-state index contributed by atoms with van der Waals surface area (Å²) in [6.07, 6.45) is 5.45. The average Bonchev–Trinajstić information content (AvgIpc) is 3.30. The Kier molecular flexibility index (Phi) is 5.08. The molecular formula is C20H21BrO4S. The molecule has 1 aliphatic heterocycles. The number of hydrogen-bond acceptors (Lipinski definition) is 4. The number of hydrogen-bond donors (Lipinski definition) is 0. The lowest BCUT2D eigenvalue weighted by Crippen LogP contribution is -2.23. The molecule has 0 amide bonds. The minimum absolute atomic E-state index is 0.0110. The van der Waals surface area contributed by atoms with Crippen molar-refractivity contribution in [2.75, 3.05) is 6.61 Å². The van der Waals surface area contributed by atoms with Crippen LogP contribution in [0.15, 0.2) is 51.8 Å². The number of benzene rings is 2. The van der Waals surface area contributed by atoms with Gasteiger partial charge < -0.3 is 4.74 Å². The second-order valence-electron chi connectivity index (χ2n) is 6.97. The highest BCUT2D eigenvalue weighted by Crippen LogP contribution is 2.42. The monoisotopic (exact) mass is 436 g/mol. The Morgan fingerprint density at radius 1 is 1.12 bits per heavy atom. The molecule has 1 unspecified atom stereocenters. The van der Waals surface area contributed by atoms with Gasteiger partial charge in [-0.1, -0.05) is 37.1 Å². The van der Waals surface area contributed by atoms with Gasteiger partial charge in [-0.3, -0.25) is 4.18 Å². The average molecular weight is 437 g/mol. The van der Waals surface area contributed by atoms with Gasteiger partial charge in [-0.15, -0.1) is 0 Å². The molecule has 1 atom stereocenters. The Balaban J connectivity index is 1.45. The van der Waals surface area contributed by atoms with Crippen LogP contribution >= 0.6 is 15.9 Å². The number of fused-ring (bicyclic) bond motifs is 1. The number of rotatable bonds is 5. The number of halogens is 1. The molecule has 0 radical (unpaired) electrons. The molecule has 0 spiro atoms. The first-order valence-electron chi connectivity index (χ1n) is 8.96. The van der Waals surface area contributed by atoms with Gasteiger partial charge in [0.2, 0.25) is 0 Å². The Bertz CT molecular complexity index is 890. The molecule has 2 aromatic carbocycles. The molecule has 4 nitrogen and oxygen atoms in total. The smallest absolute Gasteiger partial charge is 0.297 e. The van der Waals surface area contributed by atoms with Crippen LogP contribution in [0, 0.1) is 0 Å². The Morgan fingerprint density at radius 3 is 2.58 bits per heavy atom. The van der Waals surface area contributed by atoms with Crippen molar-refractivity contribution in [3.8, 4) is 5.75 Å². The Hall–Kier alpha value is -1.37. The van der Waals surface area contributed by atoms with E-state index in [-0.39, 0.29) is 17.6 Å². The van der Waals surface area contributed by atoms with Gasteiger partial charge in [0.15, 0.2) is 0 Å². The standard InChI is InChI=1S/C20H21BrO4S/c21-19-12-15(14-6-4-5-7-14)10-16-11-17(25-20(16)19)13-24-26(22,23)18-8-2-1-3-9-18/h1-3,8-10,12,14,17H,4-7,11,13H2. The third-order valence-corrected chi connectivity index (χ3v) is 7.03. The number of ether oxygens (including phenoxy) is 1. The first-order chi connectivity index (χ1) is 12.5. The van der Waals surface area contributed by atoms with Crippen molar-refractivity contribution in [2.45, 2.75) is 49.0 Å². The highest BCUT2D eigenvalue weighted by molar-refractivity contribution is 9.10. The summed E-state index contributed by atoms with van der Waals surface area (Å²) in [5.74, 6) is 1.45. The summed E-state index contributed by atoms with van der Waals surface area (Å²) in [5.41, 5.74) is 2.49. The van der Waals surface area contributed by atoms with Gasteiger partial charge in [-0.05, 0) is 64.0 Å². The third-order valence-electron chi connectivity index (χ3n) is 5.14. The summed E-state index contributed by atoms with van der Waals surface area (Å²) >= 11 is 3.62. The van der Waals surface area contributed by atoms with Gasteiger partial charge in [0.1, 0.15) is 18.5 Å². The van der Waals surface area contributed by atoms with Crippen LogP contribution in [-0.2, 0) is 20.7 Å². The van der Waals surface area contributed by atoms with E-state index in [4.69, 9.17) is 8.92 Å². The molecule has 0 saturated heterocycles. The van der Waals surface area contributed by atoms with E-state index in [9.17, 15) is 8.42 Å². The van der Waals surface area contributed by atoms with E-state index >= 15 is 0 Å². The topological polar surface area (TPSA) is 52.6 Å². The van der Waals surface area contributed by atoms with E-state index < -0.39 is 10.1 Å². The molecule has 1 aliphatic carbocycles. The van der Waals surface area contributed by atoms with Crippen molar-refractivity contribution >= 4 is 26.0 Å². The molecule has 138 valence electrons. The van der Waals surface area contributed by atoms with Gasteiger partial charge >= 0.3 is 0 Å². The van der Waals surface area contributed by atoms with Crippen LogP contribution in [0.1, 0.15) is 42.7 Å². The fourth-order valence-corrected chi connectivity index (χ4v) is 5.39. The Morgan fingerprint density at radius 2 is 1.85 bits per heavy atom. The molecule has 4 rings (SSSR count). The van der Waals surface area contributed by atoms with Crippen molar-refractivity contribution in [1.82, 2.24) is 0 Å². The van der Waals surface area contributed by atoms with Gasteiger partial charge in [-0.2, -0.15) is 8.42 Å². The van der Waals surface area contributed by atoms with Crippen molar-refractivity contribution < 1.29 is 17.3 Å². The van der Waals surface area contributed by atoms with E-state index in [2.05, 4.69) is 28.1 Å². The fraction of sp³-hybridized carbons (Fsp3) is 0.400. The highest BCUT2D eigenvalue weighted by Gasteiger charge is 2.29. The normalized spacial score (nSPS) is 20.1. The molecule has 0 aromatic heterocycles. The van der Waals surface area contributed by atoms with Crippen molar-refractivity contribution in [2.24, 2.45) is 0 Å². The van der Waals surface area contributed by atoms with Crippen LogP contribution in [0.3, 0.4) is 0 Å². The summed E-state index contributed by atoms with van der Waals surface area (Å²) in [7, 11) is -3.76. The van der Waals surface area contributed by atoms with E-state index in [1.54, 1.807) is 18.2 Å². The highest BCUT2D eigenvalue weighted by atomic mass is 79.9. The summed E-state index contributed by atoms with van der Waals surface area (Å²) in [5, 5.41) is 0. The summed E-state index contributed by atoms with van der Waals surface area (Å²) in [6, 6.07) is 12.6. The lowest BCUT2D eigenvalue weighted by molar-refractivity contribution is 0.151.